The zero-order chi connectivity index (χ0) is 15.8. The number of aryl methyl sites for hydroxylation is 1. The molecule has 118 valence electrons. The first kappa shape index (κ1) is 15.7. The fourth-order valence-corrected chi connectivity index (χ4v) is 2.36. The number of aromatic nitrogens is 3. The molecule has 0 radical (unpaired) electrons. The van der Waals surface area contributed by atoms with Crippen LogP contribution in [0.2, 0.25) is 0 Å². The summed E-state index contributed by atoms with van der Waals surface area (Å²) in [5, 5.41) is 17.2. The van der Waals surface area contributed by atoms with Crippen LogP contribution in [-0.2, 0) is 7.05 Å². The van der Waals surface area contributed by atoms with Crippen LogP contribution in [0.25, 0.3) is 0 Å². The minimum absolute atomic E-state index is 0.0844. The second-order valence-corrected chi connectivity index (χ2v) is 5.32. The average molecular weight is 306 g/mol. The van der Waals surface area contributed by atoms with Crippen molar-refractivity contribution in [1.29, 1.82) is 0 Å². The molecule has 1 amide bonds. The summed E-state index contributed by atoms with van der Waals surface area (Å²) in [6.07, 6.45) is -5.53. The summed E-state index contributed by atoms with van der Waals surface area (Å²) in [7, 11) is 1.63. The standard InChI is InChI=1S/C12H17F3N4O2/c1-8-9(16-17-18(8)2)10(20)19-6-3-4-11(21,5-7-19)12(13,14)15/h21H,3-7H2,1-2H3. The average Bonchev–Trinajstić information content (AvgIpc) is 2.61. The van der Waals surface area contributed by atoms with Gasteiger partial charge < -0.3 is 10.0 Å². The molecule has 0 bridgehead atoms. The summed E-state index contributed by atoms with van der Waals surface area (Å²) >= 11 is 0. The molecule has 2 rings (SSSR count). The number of amides is 1. The molecule has 0 spiro atoms. The van der Waals surface area contributed by atoms with Gasteiger partial charge in [-0.25, -0.2) is 0 Å². The number of carbonyl (C=O) groups is 1. The number of carbonyl (C=O) groups excluding carboxylic acids is 1. The number of halogens is 3. The number of rotatable bonds is 1. The van der Waals surface area contributed by atoms with E-state index in [2.05, 4.69) is 10.3 Å². The van der Waals surface area contributed by atoms with E-state index in [1.54, 1.807) is 14.0 Å². The maximum absolute atomic E-state index is 12.8. The van der Waals surface area contributed by atoms with Gasteiger partial charge in [-0.2, -0.15) is 13.2 Å². The van der Waals surface area contributed by atoms with Crippen LogP contribution >= 0.6 is 0 Å². The molecule has 9 heteroatoms. The third kappa shape index (κ3) is 2.87. The monoisotopic (exact) mass is 306 g/mol. The van der Waals surface area contributed by atoms with Crippen LogP contribution < -0.4 is 0 Å². The number of aliphatic hydroxyl groups is 1. The Morgan fingerprint density at radius 3 is 2.52 bits per heavy atom. The molecule has 1 aromatic heterocycles. The Kier molecular flexibility index (Phi) is 3.96. The van der Waals surface area contributed by atoms with Crippen molar-refractivity contribution >= 4 is 5.91 Å². The number of hydrogen-bond acceptors (Lipinski definition) is 4. The van der Waals surface area contributed by atoms with Crippen molar-refractivity contribution in [2.75, 3.05) is 13.1 Å². The lowest BCUT2D eigenvalue weighted by atomic mass is 9.94. The maximum atomic E-state index is 12.8. The van der Waals surface area contributed by atoms with Crippen molar-refractivity contribution in [1.82, 2.24) is 19.9 Å². The normalized spacial score (nSPS) is 24.0. The van der Waals surface area contributed by atoms with Crippen molar-refractivity contribution < 1.29 is 23.1 Å². The summed E-state index contributed by atoms with van der Waals surface area (Å²) in [5.41, 5.74) is -2.04. The van der Waals surface area contributed by atoms with Crippen molar-refractivity contribution in [2.24, 2.45) is 7.05 Å². The van der Waals surface area contributed by atoms with Crippen LogP contribution in [0.15, 0.2) is 0 Å². The molecule has 1 fully saturated rings. The first-order valence-corrected chi connectivity index (χ1v) is 6.60. The van der Waals surface area contributed by atoms with Gasteiger partial charge in [0, 0.05) is 26.6 Å². The largest absolute Gasteiger partial charge is 0.417 e. The molecule has 1 unspecified atom stereocenters. The third-order valence-electron chi connectivity index (χ3n) is 3.94. The number of likely N-dealkylation sites (tertiary alicyclic amines) is 1. The highest BCUT2D eigenvalue weighted by Crippen LogP contribution is 2.38. The molecular formula is C12H17F3N4O2. The first-order valence-electron chi connectivity index (χ1n) is 6.60. The van der Waals surface area contributed by atoms with Gasteiger partial charge in [-0.05, 0) is 19.8 Å². The van der Waals surface area contributed by atoms with E-state index in [0.717, 1.165) is 0 Å². The van der Waals surface area contributed by atoms with Gasteiger partial charge in [0.05, 0.1) is 5.69 Å². The van der Waals surface area contributed by atoms with Crippen LogP contribution in [0.3, 0.4) is 0 Å². The van der Waals surface area contributed by atoms with E-state index in [1.807, 2.05) is 0 Å². The summed E-state index contributed by atoms with van der Waals surface area (Å²) in [6, 6.07) is 0. The molecule has 1 aliphatic rings. The third-order valence-corrected chi connectivity index (χ3v) is 3.94. The molecule has 1 aliphatic heterocycles. The fraction of sp³-hybridized carbons (Fsp3) is 0.750. The van der Waals surface area contributed by atoms with Crippen molar-refractivity contribution in [3.8, 4) is 0 Å². The van der Waals surface area contributed by atoms with Crippen molar-refractivity contribution in [2.45, 2.75) is 38.0 Å². The minimum atomic E-state index is -4.69. The van der Waals surface area contributed by atoms with Crippen molar-refractivity contribution in [3.05, 3.63) is 11.4 Å². The molecule has 0 aliphatic carbocycles. The van der Waals surface area contributed by atoms with Gasteiger partial charge in [0.1, 0.15) is 0 Å². The van der Waals surface area contributed by atoms with Crippen molar-refractivity contribution in [3.63, 3.8) is 0 Å². The molecular weight excluding hydrogens is 289 g/mol. The fourth-order valence-electron chi connectivity index (χ4n) is 2.36. The van der Waals surface area contributed by atoms with Crippen LogP contribution in [0.5, 0.6) is 0 Å². The zero-order valence-corrected chi connectivity index (χ0v) is 11.8. The summed E-state index contributed by atoms with van der Waals surface area (Å²) in [5.74, 6) is -0.452. The van der Waals surface area contributed by atoms with Gasteiger partial charge in [-0.1, -0.05) is 5.21 Å². The Morgan fingerprint density at radius 2 is 2.00 bits per heavy atom. The summed E-state index contributed by atoms with van der Waals surface area (Å²) < 4.78 is 40.0. The van der Waals surface area contributed by atoms with E-state index in [1.165, 1.54) is 9.58 Å². The smallest absolute Gasteiger partial charge is 0.380 e. The topological polar surface area (TPSA) is 71.2 Å². The van der Waals surface area contributed by atoms with E-state index in [4.69, 9.17) is 0 Å². The number of hydrogen-bond donors (Lipinski definition) is 1. The predicted molar refractivity (Wildman–Crippen MR) is 66.5 cm³/mol. The Labute approximate surface area is 119 Å². The Bertz CT molecular complexity index is 543. The molecule has 1 saturated heterocycles. The molecule has 0 aromatic carbocycles. The van der Waals surface area contributed by atoms with Gasteiger partial charge in [0.25, 0.3) is 5.91 Å². The number of alkyl halides is 3. The van der Waals surface area contributed by atoms with E-state index in [-0.39, 0.29) is 25.2 Å². The lowest BCUT2D eigenvalue weighted by molar-refractivity contribution is -0.263. The highest BCUT2D eigenvalue weighted by Gasteiger charge is 2.53. The lowest BCUT2D eigenvalue weighted by Crippen LogP contribution is -2.46. The van der Waals surface area contributed by atoms with E-state index < -0.39 is 30.5 Å². The predicted octanol–water partition coefficient (Wildman–Crippen LogP) is 1.04. The van der Waals surface area contributed by atoms with Gasteiger partial charge in [-0.3, -0.25) is 9.48 Å². The van der Waals surface area contributed by atoms with Gasteiger partial charge in [0.2, 0.25) is 0 Å². The van der Waals surface area contributed by atoms with Crippen LogP contribution in [0.1, 0.15) is 35.4 Å². The van der Waals surface area contributed by atoms with E-state index >= 15 is 0 Å². The van der Waals surface area contributed by atoms with Gasteiger partial charge >= 0.3 is 6.18 Å². The van der Waals surface area contributed by atoms with E-state index in [0.29, 0.717) is 5.69 Å². The first-order chi connectivity index (χ1) is 9.66. The molecule has 1 N–H and O–H groups in total. The van der Waals surface area contributed by atoms with Crippen LogP contribution in [0, 0.1) is 6.92 Å². The molecule has 1 atom stereocenters. The molecule has 2 heterocycles. The van der Waals surface area contributed by atoms with Crippen LogP contribution in [-0.4, -0.2) is 55.8 Å². The molecule has 6 nitrogen and oxygen atoms in total. The van der Waals surface area contributed by atoms with Crippen LogP contribution in [0.4, 0.5) is 13.2 Å². The summed E-state index contributed by atoms with van der Waals surface area (Å²) in [4.78, 5) is 13.6. The molecule has 21 heavy (non-hydrogen) atoms. The lowest BCUT2D eigenvalue weighted by Gasteiger charge is -2.29. The summed E-state index contributed by atoms with van der Waals surface area (Å²) in [6.45, 7) is 1.66. The highest BCUT2D eigenvalue weighted by atomic mass is 19.4. The second-order valence-electron chi connectivity index (χ2n) is 5.32. The highest BCUT2D eigenvalue weighted by molar-refractivity contribution is 5.93. The Hall–Kier alpha value is -1.64. The molecule has 1 aromatic rings. The minimum Gasteiger partial charge on any atom is -0.380 e. The Morgan fingerprint density at radius 1 is 1.33 bits per heavy atom. The van der Waals surface area contributed by atoms with E-state index in [9.17, 15) is 23.1 Å². The quantitative estimate of drug-likeness (QED) is 0.841. The Balaban J connectivity index is 2.14. The molecule has 0 saturated carbocycles. The van der Waals surface area contributed by atoms with Gasteiger partial charge in [0.15, 0.2) is 11.3 Å². The SMILES string of the molecule is Cc1c(C(=O)N2CCCC(O)(C(F)(F)F)CC2)nnn1C. The second kappa shape index (κ2) is 5.28. The zero-order valence-electron chi connectivity index (χ0n) is 11.8. The number of nitrogens with zero attached hydrogens (tertiary/aromatic N) is 4. The maximum Gasteiger partial charge on any atom is 0.417 e. The van der Waals surface area contributed by atoms with Gasteiger partial charge in [-0.15, -0.1) is 5.10 Å².